The zero-order valence-corrected chi connectivity index (χ0v) is 44.7. The predicted molar refractivity (Wildman–Crippen MR) is 263 cm³/mol. The van der Waals surface area contributed by atoms with Crippen molar-refractivity contribution in [1.29, 1.82) is 0 Å². The second-order valence-electron chi connectivity index (χ2n) is 22.5. The summed E-state index contributed by atoms with van der Waals surface area (Å²) in [4.78, 5) is 14.4. The van der Waals surface area contributed by atoms with E-state index in [1.807, 2.05) is 74.5 Å². The van der Waals surface area contributed by atoms with Crippen LogP contribution in [0.3, 0.4) is 0 Å². The average molecular weight is 925 g/mol. The molecule has 3 aliphatic heterocycles. The van der Waals surface area contributed by atoms with Gasteiger partial charge in [0.15, 0.2) is 14.1 Å². The van der Waals surface area contributed by atoms with Crippen molar-refractivity contribution in [1.82, 2.24) is 0 Å². The summed E-state index contributed by atoms with van der Waals surface area (Å²) in [5.41, 5.74) is 0.797. The van der Waals surface area contributed by atoms with Gasteiger partial charge in [0.25, 0.3) is 0 Å². The molecule has 3 fully saturated rings. The molecule has 9 atom stereocenters. The van der Waals surface area contributed by atoms with E-state index >= 15 is 0 Å². The third kappa shape index (κ3) is 11.2. The first kappa shape index (κ1) is 53.2. The topological polar surface area (TPSA) is 102 Å². The van der Waals surface area contributed by atoms with Gasteiger partial charge in [0.2, 0.25) is 8.32 Å². The summed E-state index contributed by atoms with van der Waals surface area (Å²) in [6.45, 7) is 37.6. The van der Waals surface area contributed by atoms with Crippen molar-refractivity contribution in [2.45, 2.75) is 242 Å². The number of Topliss-reactive ketones (excluding diaryl/α,β-unsaturated/α-hetero) is 1. The zero-order valence-electron chi connectivity index (χ0n) is 42.7. The van der Waals surface area contributed by atoms with E-state index in [1.54, 1.807) is 0 Å². The van der Waals surface area contributed by atoms with E-state index in [1.165, 1.54) is 0 Å². The van der Waals surface area contributed by atoms with Gasteiger partial charge in [-0.15, -0.1) is 0 Å². The van der Waals surface area contributed by atoms with Crippen molar-refractivity contribution >= 4 is 22.4 Å². The number of ether oxygens (including phenoxy) is 5. The van der Waals surface area contributed by atoms with Gasteiger partial charge in [-0.2, -0.15) is 0 Å². The molecule has 362 valence electrons. The molecule has 1 N–H and O–H groups in total. The highest BCUT2D eigenvalue weighted by atomic mass is 28.4. The number of aliphatic hydroxyl groups is 1. The van der Waals surface area contributed by atoms with Crippen LogP contribution in [0, 0.1) is 0 Å². The number of hydrogen-bond acceptors (Lipinski definition) is 9. The Labute approximate surface area is 390 Å². The highest BCUT2D eigenvalue weighted by molar-refractivity contribution is 6.78. The zero-order chi connectivity index (χ0) is 47.5. The summed E-state index contributed by atoms with van der Waals surface area (Å²) >= 11 is 0. The Morgan fingerprint density at radius 2 is 1.14 bits per heavy atom. The first-order chi connectivity index (χ1) is 29.9. The number of carbonyl (C=O) groups is 1. The molecule has 0 spiro atoms. The number of rotatable bonds is 20. The maximum atomic E-state index is 14.4. The third-order valence-corrected chi connectivity index (χ3v) is 28.0. The molecule has 0 saturated carbocycles. The van der Waals surface area contributed by atoms with Gasteiger partial charge >= 0.3 is 0 Å². The lowest BCUT2D eigenvalue weighted by atomic mass is 9.79. The smallest absolute Gasteiger partial charge is 0.200 e. The summed E-state index contributed by atoms with van der Waals surface area (Å²) in [7, 11) is -4.71. The lowest BCUT2D eigenvalue weighted by molar-refractivity contribution is -0.301. The highest BCUT2D eigenvalue weighted by Crippen LogP contribution is 2.52. The average Bonchev–Trinajstić information content (AvgIpc) is 3.32. The Morgan fingerprint density at radius 3 is 1.66 bits per heavy atom. The molecule has 0 aromatic heterocycles. The van der Waals surface area contributed by atoms with Crippen LogP contribution in [0.25, 0.3) is 0 Å². The second kappa shape index (κ2) is 21.2. The molecule has 5 rings (SSSR count). The molecular weight excluding hydrogens is 837 g/mol. The first-order valence-electron chi connectivity index (χ1n) is 24.7. The molecule has 9 nitrogen and oxygen atoms in total. The molecule has 0 amide bonds. The van der Waals surface area contributed by atoms with Crippen LogP contribution in [0.15, 0.2) is 60.7 Å². The summed E-state index contributed by atoms with van der Waals surface area (Å²) in [5.74, 6) is -0.00253. The van der Waals surface area contributed by atoms with Crippen LogP contribution in [0.4, 0.5) is 0 Å². The van der Waals surface area contributed by atoms with Gasteiger partial charge < -0.3 is 37.6 Å². The molecule has 0 unspecified atom stereocenters. The predicted octanol–water partition coefficient (Wildman–Crippen LogP) is 12.3. The number of benzene rings is 2. The van der Waals surface area contributed by atoms with Crippen LogP contribution >= 0.6 is 0 Å². The molecule has 0 radical (unpaired) electrons. The van der Waals surface area contributed by atoms with Gasteiger partial charge in [-0.3, -0.25) is 4.79 Å². The highest BCUT2D eigenvalue weighted by Gasteiger charge is 2.61. The van der Waals surface area contributed by atoms with Crippen LogP contribution in [-0.2, 0) is 50.5 Å². The summed E-state index contributed by atoms with van der Waals surface area (Å²) in [6, 6.07) is 20.1. The summed E-state index contributed by atoms with van der Waals surface area (Å²) in [5, 5.41) is 12.1. The molecule has 0 bridgehead atoms. The lowest BCUT2D eigenvalue weighted by Crippen LogP contribution is -2.67. The normalized spacial score (nSPS) is 32.0. The Morgan fingerprint density at radius 1 is 0.641 bits per heavy atom. The summed E-state index contributed by atoms with van der Waals surface area (Å²) in [6.07, 6.45) is -1.11. The second-order valence-corrected chi connectivity index (χ2v) is 33.4. The third-order valence-electron chi connectivity index (χ3n) is 15.9. The van der Waals surface area contributed by atoms with E-state index in [-0.39, 0.29) is 31.3 Å². The Kier molecular flexibility index (Phi) is 17.7. The maximum Gasteiger partial charge on any atom is 0.200 e. The SMILES string of the molecule is CC(C)[Si](OC[C@@]1(C)O[C@@]2(C)CCC(=O)[C@H](C[C@@]3(C)O[C@@](C)(COCc4ccccc4)[C@H](OCc4ccccc4)C[C@@H]3O)O[C@@H]2C[C@@H]1O[Si](C(C)C)(C(C)C)C(C)C)(C(C)C)C(C)C. The van der Waals surface area contributed by atoms with E-state index in [2.05, 4.69) is 96.9 Å². The van der Waals surface area contributed by atoms with E-state index in [9.17, 15) is 9.90 Å². The van der Waals surface area contributed by atoms with Gasteiger partial charge in [-0.25, -0.2) is 0 Å². The molecule has 3 saturated heterocycles. The fraction of sp³-hybridized carbons (Fsp3) is 0.755. The monoisotopic (exact) mass is 925 g/mol. The van der Waals surface area contributed by atoms with Crippen LogP contribution in [0.1, 0.15) is 154 Å². The van der Waals surface area contributed by atoms with E-state index in [0.29, 0.717) is 72.3 Å². The van der Waals surface area contributed by atoms with Crippen molar-refractivity contribution in [3.63, 3.8) is 0 Å². The van der Waals surface area contributed by atoms with Crippen LogP contribution in [0.2, 0.25) is 33.2 Å². The maximum absolute atomic E-state index is 14.4. The molecule has 2 aromatic rings. The van der Waals surface area contributed by atoms with Gasteiger partial charge in [0.1, 0.15) is 17.3 Å². The standard InChI is InChI=1S/C53H88O9Si2/c1-36(2)63(37(3)4,38(5)6)58-35-53(16)49(60-64(39(7)8,40(9)10)41(11)12)30-48-50(13,61-53)28-27-44(54)45(59-48)31-51(14)46(55)29-47(57-33-43-25-21-18-22-26-43)52(15,62-51)34-56-32-42-23-19-17-20-24-42/h17-26,36-41,45-49,55H,27-35H2,1-16H3/t45-,46-,47+,48+,49-,50-,51+,52-,53+/m0/s1. The van der Waals surface area contributed by atoms with Crippen molar-refractivity contribution in [2.24, 2.45) is 0 Å². The molecule has 3 heterocycles. The summed E-state index contributed by atoms with van der Waals surface area (Å²) < 4.78 is 49.8. The minimum absolute atomic E-state index is 0.00253. The van der Waals surface area contributed by atoms with Crippen molar-refractivity contribution < 1.29 is 42.4 Å². The molecule has 64 heavy (non-hydrogen) atoms. The molecule has 2 aromatic carbocycles. The number of hydrogen-bond donors (Lipinski definition) is 1. The van der Waals surface area contributed by atoms with Gasteiger partial charge in [-0.05, 0) is 78.5 Å². The number of aliphatic hydroxyl groups excluding tert-OH is 1. The lowest BCUT2D eigenvalue weighted by Gasteiger charge is -2.57. The Hall–Kier alpha value is -1.78. The van der Waals surface area contributed by atoms with E-state index in [0.717, 1.165) is 11.1 Å². The Bertz CT molecular complexity index is 1730. The number of carbonyl (C=O) groups excluding carboxylic acids is 1. The minimum Gasteiger partial charge on any atom is -0.413 e. The number of fused-ring (bicyclic) bond motifs is 1. The van der Waals surface area contributed by atoms with Crippen LogP contribution in [0.5, 0.6) is 0 Å². The fourth-order valence-corrected chi connectivity index (χ4v) is 23.6. The van der Waals surface area contributed by atoms with E-state index in [4.69, 9.17) is 32.5 Å². The van der Waals surface area contributed by atoms with Crippen LogP contribution in [-0.4, -0.2) is 93.7 Å². The quantitative estimate of drug-likeness (QED) is 0.130. The first-order valence-corrected chi connectivity index (χ1v) is 29.0. The van der Waals surface area contributed by atoms with Crippen molar-refractivity contribution in [3.05, 3.63) is 71.8 Å². The largest absolute Gasteiger partial charge is 0.413 e. The van der Waals surface area contributed by atoms with Crippen molar-refractivity contribution in [2.75, 3.05) is 13.2 Å². The van der Waals surface area contributed by atoms with Gasteiger partial charge in [0, 0.05) is 25.7 Å². The molecule has 0 aliphatic carbocycles. The van der Waals surface area contributed by atoms with Gasteiger partial charge in [-0.1, -0.05) is 144 Å². The van der Waals surface area contributed by atoms with Gasteiger partial charge in [0.05, 0.1) is 62.0 Å². The van der Waals surface area contributed by atoms with E-state index < -0.39 is 63.5 Å². The van der Waals surface area contributed by atoms with Crippen LogP contribution < -0.4 is 0 Å². The molecular formula is C53H88O9Si2. The van der Waals surface area contributed by atoms with Crippen molar-refractivity contribution in [3.8, 4) is 0 Å². The Balaban J connectivity index is 1.46. The molecule has 3 aliphatic rings. The minimum atomic E-state index is -2.43. The fourth-order valence-electron chi connectivity index (χ4n) is 12.5. The molecule has 11 heteroatoms. The number of ketones is 1.